The van der Waals surface area contributed by atoms with Gasteiger partial charge in [0.25, 0.3) is 11.8 Å². The molecule has 0 spiro atoms. The Kier molecular flexibility index (Phi) is 7.04. The van der Waals surface area contributed by atoms with E-state index < -0.39 is 21.8 Å². The third-order valence-corrected chi connectivity index (χ3v) is 9.10. The summed E-state index contributed by atoms with van der Waals surface area (Å²) in [6.45, 7) is 0. The summed E-state index contributed by atoms with van der Waals surface area (Å²) in [6.07, 6.45) is 3.97. The molecule has 1 atom stereocenters. The fourth-order valence-corrected chi connectivity index (χ4v) is 7.40. The molecule has 2 N–H and O–H groups in total. The van der Waals surface area contributed by atoms with E-state index in [1.54, 1.807) is 12.1 Å². The van der Waals surface area contributed by atoms with Crippen LogP contribution in [0.1, 0.15) is 50.4 Å². The highest BCUT2D eigenvalue weighted by molar-refractivity contribution is 7.91. The first-order valence-corrected chi connectivity index (χ1v) is 13.7. The molecule has 0 saturated carbocycles. The van der Waals surface area contributed by atoms with E-state index in [4.69, 9.17) is 14.2 Å². The van der Waals surface area contributed by atoms with E-state index in [1.165, 1.54) is 32.7 Å². The number of amides is 2. The summed E-state index contributed by atoms with van der Waals surface area (Å²) in [7, 11) is 1.30. The number of methoxy groups -OCH3 is 3. The van der Waals surface area contributed by atoms with Gasteiger partial charge in [0.2, 0.25) is 5.75 Å². The van der Waals surface area contributed by atoms with Crippen LogP contribution in [0.15, 0.2) is 12.1 Å². The molecule has 1 aliphatic heterocycles. The third-order valence-electron chi connectivity index (χ3n) is 6.12. The van der Waals surface area contributed by atoms with E-state index in [2.05, 4.69) is 10.6 Å². The van der Waals surface area contributed by atoms with Gasteiger partial charge in [0, 0.05) is 16.5 Å². The van der Waals surface area contributed by atoms with Crippen molar-refractivity contribution in [3.8, 4) is 17.2 Å². The minimum Gasteiger partial charge on any atom is -0.493 e. The number of benzene rings is 1. The number of hydrogen-bond donors (Lipinski definition) is 2. The molecule has 1 aliphatic carbocycles. The molecule has 0 bridgehead atoms. The number of ether oxygens (including phenoxy) is 3. The van der Waals surface area contributed by atoms with Gasteiger partial charge < -0.3 is 24.8 Å². The second kappa shape index (κ2) is 9.83. The van der Waals surface area contributed by atoms with E-state index in [0.29, 0.717) is 34.2 Å². The van der Waals surface area contributed by atoms with Crippen LogP contribution in [0.3, 0.4) is 0 Å². The highest BCUT2D eigenvalue weighted by Crippen LogP contribution is 2.40. The van der Waals surface area contributed by atoms with Crippen molar-refractivity contribution in [3.63, 3.8) is 0 Å². The Morgan fingerprint density at radius 2 is 1.68 bits per heavy atom. The summed E-state index contributed by atoms with van der Waals surface area (Å²) in [5.41, 5.74) is 1.66. The standard InChI is InChI=1S/C23H28N2O7S2/c1-30-16-10-13(11-17(31-2)20(16)32-3)21(26)25-23-19(15-6-4-5-7-18(15)33-23)22(27)24-14-8-9-34(28,29)12-14/h10-11,14H,4-9,12H2,1-3H3,(H,24,27)(H,25,26)/t14-/m1/s1. The Hall–Kier alpha value is -2.79. The zero-order valence-corrected chi connectivity index (χ0v) is 21.0. The summed E-state index contributed by atoms with van der Waals surface area (Å²) in [5, 5.41) is 6.23. The molecular weight excluding hydrogens is 480 g/mol. The van der Waals surface area contributed by atoms with Crippen LogP contribution in [-0.2, 0) is 22.7 Å². The number of carbonyl (C=O) groups excluding carboxylic acids is 2. The van der Waals surface area contributed by atoms with Gasteiger partial charge in [0.15, 0.2) is 21.3 Å². The Bertz CT molecular complexity index is 1200. The molecular formula is C23H28N2O7S2. The predicted molar refractivity (Wildman–Crippen MR) is 130 cm³/mol. The number of carbonyl (C=O) groups is 2. The summed E-state index contributed by atoms with van der Waals surface area (Å²) in [5.74, 6) is 0.315. The summed E-state index contributed by atoms with van der Waals surface area (Å²) in [6, 6.07) is 2.68. The topological polar surface area (TPSA) is 120 Å². The fourth-order valence-electron chi connectivity index (χ4n) is 4.45. The van der Waals surface area contributed by atoms with Gasteiger partial charge in [0.1, 0.15) is 5.00 Å². The van der Waals surface area contributed by atoms with Crippen molar-refractivity contribution in [2.45, 2.75) is 38.1 Å². The Balaban J connectivity index is 1.64. The molecule has 184 valence electrons. The highest BCUT2D eigenvalue weighted by atomic mass is 32.2. The minimum atomic E-state index is -3.13. The summed E-state index contributed by atoms with van der Waals surface area (Å²) >= 11 is 1.40. The third kappa shape index (κ3) is 4.85. The van der Waals surface area contributed by atoms with Gasteiger partial charge in [-0.2, -0.15) is 0 Å². The Labute approximate surface area is 202 Å². The first-order valence-electron chi connectivity index (χ1n) is 11.0. The maximum Gasteiger partial charge on any atom is 0.256 e. The van der Waals surface area contributed by atoms with E-state index in [1.807, 2.05) is 0 Å². The average molecular weight is 509 g/mol. The van der Waals surface area contributed by atoms with Gasteiger partial charge in [-0.25, -0.2) is 8.42 Å². The van der Waals surface area contributed by atoms with Crippen molar-refractivity contribution < 1.29 is 32.2 Å². The lowest BCUT2D eigenvalue weighted by atomic mass is 9.95. The average Bonchev–Trinajstić information content (AvgIpc) is 3.36. The molecule has 2 aromatic rings. The molecule has 0 unspecified atom stereocenters. The van der Waals surface area contributed by atoms with Crippen LogP contribution in [0.5, 0.6) is 17.2 Å². The summed E-state index contributed by atoms with van der Waals surface area (Å²) in [4.78, 5) is 27.5. The van der Waals surface area contributed by atoms with Crippen molar-refractivity contribution in [1.29, 1.82) is 0 Å². The number of thiophene rings is 1. The van der Waals surface area contributed by atoms with Crippen molar-refractivity contribution in [2.75, 3.05) is 38.2 Å². The first kappa shape index (κ1) is 24.3. The number of anilines is 1. The van der Waals surface area contributed by atoms with Gasteiger partial charge in [0.05, 0.1) is 38.4 Å². The summed E-state index contributed by atoms with van der Waals surface area (Å²) < 4.78 is 39.7. The van der Waals surface area contributed by atoms with Crippen molar-refractivity contribution >= 4 is 38.0 Å². The zero-order chi connectivity index (χ0) is 24.5. The molecule has 0 radical (unpaired) electrons. The van der Waals surface area contributed by atoms with Gasteiger partial charge in [-0.15, -0.1) is 11.3 Å². The second-order valence-corrected chi connectivity index (χ2v) is 11.7. The number of hydrogen-bond acceptors (Lipinski definition) is 8. The molecule has 1 aromatic heterocycles. The number of sulfone groups is 1. The minimum absolute atomic E-state index is 0.0573. The molecule has 11 heteroatoms. The van der Waals surface area contributed by atoms with Crippen molar-refractivity contribution in [1.82, 2.24) is 5.32 Å². The zero-order valence-electron chi connectivity index (χ0n) is 19.4. The molecule has 1 aromatic carbocycles. The lowest BCUT2D eigenvalue weighted by molar-refractivity contribution is 0.0941. The van der Waals surface area contributed by atoms with E-state index in [9.17, 15) is 18.0 Å². The van der Waals surface area contributed by atoms with Crippen LogP contribution < -0.4 is 24.8 Å². The van der Waals surface area contributed by atoms with Crippen LogP contribution in [0.4, 0.5) is 5.00 Å². The SMILES string of the molecule is COc1cc(C(=O)Nc2sc3c(c2C(=O)N[C@@H]2CCS(=O)(=O)C2)CCCC3)cc(OC)c1OC. The monoisotopic (exact) mass is 508 g/mol. The van der Waals surface area contributed by atoms with Crippen LogP contribution in [0.2, 0.25) is 0 Å². The van der Waals surface area contributed by atoms with E-state index in [0.717, 1.165) is 36.1 Å². The largest absolute Gasteiger partial charge is 0.493 e. The lowest BCUT2D eigenvalue weighted by Gasteiger charge is -2.16. The molecule has 2 aliphatic rings. The van der Waals surface area contributed by atoms with Gasteiger partial charge in [-0.1, -0.05) is 0 Å². The molecule has 1 saturated heterocycles. The van der Waals surface area contributed by atoms with E-state index >= 15 is 0 Å². The normalized spacial score (nSPS) is 18.6. The van der Waals surface area contributed by atoms with Crippen molar-refractivity contribution in [3.05, 3.63) is 33.7 Å². The van der Waals surface area contributed by atoms with Gasteiger partial charge in [-0.05, 0) is 49.8 Å². The molecule has 9 nitrogen and oxygen atoms in total. The quantitative estimate of drug-likeness (QED) is 0.590. The molecule has 2 amide bonds. The molecule has 4 rings (SSSR count). The maximum absolute atomic E-state index is 13.3. The first-order chi connectivity index (χ1) is 16.3. The Morgan fingerprint density at radius 1 is 1.00 bits per heavy atom. The van der Waals surface area contributed by atoms with E-state index in [-0.39, 0.29) is 23.0 Å². The Morgan fingerprint density at radius 3 is 2.26 bits per heavy atom. The lowest BCUT2D eigenvalue weighted by Crippen LogP contribution is -2.36. The van der Waals surface area contributed by atoms with Crippen LogP contribution in [-0.4, -0.2) is 59.1 Å². The highest BCUT2D eigenvalue weighted by Gasteiger charge is 2.32. The molecule has 34 heavy (non-hydrogen) atoms. The second-order valence-electron chi connectivity index (χ2n) is 8.36. The fraction of sp³-hybridized carbons (Fsp3) is 0.478. The number of rotatable bonds is 7. The predicted octanol–water partition coefficient (Wildman–Crippen LogP) is 2.82. The number of aryl methyl sites for hydroxylation is 1. The van der Waals surface area contributed by atoms with Crippen LogP contribution >= 0.6 is 11.3 Å². The van der Waals surface area contributed by atoms with Crippen molar-refractivity contribution in [2.24, 2.45) is 0 Å². The smallest absolute Gasteiger partial charge is 0.256 e. The van der Waals surface area contributed by atoms with Crippen LogP contribution in [0.25, 0.3) is 0 Å². The molecule has 1 fully saturated rings. The number of nitrogens with one attached hydrogen (secondary N) is 2. The number of fused-ring (bicyclic) bond motifs is 1. The maximum atomic E-state index is 13.3. The molecule has 2 heterocycles. The van der Waals surface area contributed by atoms with Gasteiger partial charge in [-0.3, -0.25) is 9.59 Å². The van der Waals surface area contributed by atoms with Crippen LogP contribution in [0, 0.1) is 0 Å². The van der Waals surface area contributed by atoms with Gasteiger partial charge >= 0.3 is 0 Å².